The van der Waals surface area contributed by atoms with Crippen molar-refractivity contribution in [2.45, 2.75) is 32.7 Å². The maximum Gasteiger partial charge on any atom is 0.311 e. The molecule has 2 aromatic heterocycles. The van der Waals surface area contributed by atoms with Crippen LogP contribution in [0.2, 0.25) is 5.02 Å². The van der Waals surface area contributed by atoms with E-state index in [4.69, 9.17) is 26.1 Å². The molecule has 1 amide bonds. The van der Waals surface area contributed by atoms with Gasteiger partial charge in [-0.05, 0) is 61.6 Å². The molecule has 2 aromatic carbocycles. The molecular weight excluding hydrogens is 594 g/mol. The Labute approximate surface area is 265 Å². The number of nitrogens with zero attached hydrogens (tertiary/aromatic N) is 4. The van der Waals surface area contributed by atoms with E-state index >= 15 is 0 Å². The van der Waals surface area contributed by atoms with Crippen molar-refractivity contribution in [2.24, 2.45) is 13.0 Å². The van der Waals surface area contributed by atoms with Crippen LogP contribution in [0, 0.1) is 12.8 Å². The highest BCUT2D eigenvalue weighted by Crippen LogP contribution is 2.46. The third-order valence-electron chi connectivity index (χ3n) is 8.69. The summed E-state index contributed by atoms with van der Waals surface area (Å²) in [6.45, 7) is 5.45. The lowest BCUT2D eigenvalue weighted by molar-refractivity contribution is -0.155. The Kier molecular flexibility index (Phi) is 8.44. The van der Waals surface area contributed by atoms with E-state index in [9.17, 15) is 14.4 Å². The lowest BCUT2D eigenvalue weighted by Crippen LogP contribution is -2.51. The van der Waals surface area contributed by atoms with Crippen LogP contribution in [0.3, 0.4) is 0 Å². The fourth-order valence-corrected chi connectivity index (χ4v) is 6.61. The Morgan fingerprint density at radius 3 is 2.58 bits per heavy atom. The molecule has 1 fully saturated rings. The Morgan fingerprint density at radius 2 is 1.82 bits per heavy atom. The van der Waals surface area contributed by atoms with Gasteiger partial charge >= 0.3 is 5.97 Å². The average Bonchev–Trinajstić information content (AvgIpc) is 3.42. The molecule has 6 rings (SSSR count). The van der Waals surface area contributed by atoms with Crippen LogP contribution in [0.5, 0.6) is 5.88 Å². The summed E-state index contributed by atoms with van der Waals surface area (Å²) in [5.74, 6) is -0.175. The van der Waals surface area contributed by atoms with Gasteiger partial charge in [-0.3, -0.25) is 19.3 Å². The summed E-state index contributed by atoms with van der Waals surface area (Å²) >= 11 is 7.10. The number of carbonyl (C=O) groups excluding carboxylic acids is 2. The highest BCUT2D eigenvalue weighted by atomic mass is 35.5. The highest BCUT2D eigenvalue weighted by Gasteiger charge is 2.42. The molecule has 11 heteroatoms. The number of aryl methyl sites for hydroxylation is 2. The summed E-state index contributed by atoms with van der Waals surface area (Å²) in [5, 5.41) is 7.28. The van der Waals surface area contributed by atoms with E-state index < -0.39 is 11.5 Å². The molecule has 0 radical (unpaired) electrons. The van der Waals surface area contributed by atoms with E-state index in [1.807, 2.05) is 44.2 Å². The number of anilines is 1. The molecule has 232 valence electrons. The molecule has 1 saturated heterocycles. The molecule has 45 heavy (non-hydrogen) atoms. The van der Waals surface area contributed by atoms with Crippen LogP contribution in [0.1, 0.15) is 46.4 Å². The first-order valence-electron chi connectivity index (χ1n) is 14.9. The van der Waals surface area contributed by atoms with E-state index in [2.05, 4.69) is 21.4 Å². The Balaban J connectivity index is 1.29. The maximum absolute atomic E-state index is 13.0. The standard InChI is InChI=1S/C34H34ClN5O5/c1-5-45-34(43)21-17-40(18-21)28-13-12-20-16-27(38-32(44-4)29(20)28)24-10-6-9-23(30(24)35)22-8-7-11-26(19(22)2)37-31(41)25-14-15-36-39(3)33(25)42/h6-11,14-16,21,28H,5,12-13,17-18H2,1-4H3,(H,37,41). The minimum Gasteiger partial charge on any atom is -0.481 e. The second kappa shape index (κ2) is 12.5. The van der Waals surface area contributed by atoms with Crippen molar-refractivity contribution in [2.75, 3.05) is 32.1 Å². The number of hydrogen-bond acceptors (Lipinski definition) is 8. The number of rotatable bonds is 8. The van der Waals surface area contributed by atoms with Gasteiger partial charge in [-0.1, -0.05) is 41.9 Å². The number of halogens is 1. The lowest BCUT2D eigenvalue weighted by Gasteiger charge is -2.42. The zero-order chi connectivity index (χ0) is 31.8. The van der Waals surface area contributed by atoms with Gasteiger partial charge in [0.05, 0.1) is 30.4 Å². The molecule has 0 spiro atoms. The van der Waals surface area contributed by atoms with Crippen LogP contribution in [0.4, 0.5) is 5.69 Å². The summed E-state index contributed by atoms with van der Waals surface area (Å²) in [6, 6.07) is 15.0. The van der Waals surface area contributed by atoms with Gasteiger partial charge in [-0.15, -0.1) is 0 Å². The quantitative estimate of drug-likeness (QED) is 0.265. The first-order valence-corrected chi connectivity index (χ1v) is 15.3. The van der Waals surface area contributed by atoms with Crippen LogP contribution in [-0.2, 0) is 23.0 Å². The molecule has 1 N–H and O–H groups in total. The number of likely N-dealkylation sites (tertiary alicyclic amines) is 1. The summed E-state index contributed by atoms with van der Waals surface area (Å²) in [5.41, 5.74) is 6.21. The Morgan fingerprint density at radius 1 is 1.09 bits per heavy atom. The molecule has 1 aliphatic carbocycles. The van der Waals surface area contributed by atoms with Crippen molar-refractivity contribution < 1.29 is 19.1 Å². The molecule has 3 heterocycles. The van der Waals surface area contributed by atoms with Gasteiger partial charge in [0.25, 0.3) is 11.5 Å². The summed E-state index contributed by atoms with van der Waals surface area (Å²) in [6.07, 6.45) is 3.20. The number of nitrogens with one attached hydrogen (secondary N) is 1. The first-order chi connectivity index (χ1) is 21.7. The third-order valence-corrected chi connectivity index (χ3v) is 9.10. The number of carbonyl (C=O) groups is 2. The second-order valence-corrected chi connectivity index (χ2v) is 11.7. The Hall–Kier alpha value is -4.54. The van der Waals surface area contributed by atoms with Gasteiger partial charge in [0.15, 0.2) is 0 Å². The number of methoxy groups -OCH3 is 1. The zero-order valence-electron chi connectivity index (χ0n) is 25.6. The average molecular weight is 628 g/mol. The van der Waals surface area contributed by atoms with Gasteiger partial charge in [-0.2, -0.15) is 5.10 Å². The fourth-order valence-electron chi connectivity index (χ4n) is 6.29. The third kappa shape index (κ3) is 5.60. The van der Waals surface area contributed by atoms with Crippen LogP contribution < -0.4 is 15.6 Å². The normalized spacial score (nSPS) is 16.2. The number of ether oxygens (including phenoxy) is 2. The van der Waals surface area contributed by atoms with E-state index in [0.717, 1.165) is 50.9 Å². The predicted octanol–water partition coefficient (Wildman–Crippen LogP) is 5.21. The predicted molar refractivity (Wildman–Crippen MR) is 172 cm³/mol. The number of fused-ring (bicyclic) bond motifs is 1. The van der Waals surface area contributed by atoms with Crippen molar-refractivity contribution >= 4 is 29.2 Å². The molecule has 4 aromatic rings. The first kappa shape index (κ1) is 30.5. The van der Waals surface area contributed by atoms with Crippen LogP contribution >= 0.6 is 11.6 Å². The molecule has 1 aliphatic heterocycles. The largest absolute Gasteiger partial charge is 0.481 e. The van der Waals surface area contributed by atoms with Crippen molar-refractivity contribution in [1.29, 1.82) is 0 Å². The smallest absolute Gasteiger partial charge is 0.311 e. The van der Waals surface area contributed by atoms with E-state index in [1.165, 1.54) is 19.3 Å². The van der Waals surface area contributed by atoms with Crippen molar-refractivity contribution in [3.05, 3.63) is 92.4 Å². The lowest BCUT2D eigenvalue weighted by atomic mass is 9.94. The Bertz CT molecular complexity index is 1870. The van der Waals surface area contributed by atoms with Crippen LogP contribution in [0.25, 0.3) is 22.4 Å². The molecule has 0 bridgehead atoms. The SMILES string of the molecule is CCOC(=O)C1CN(C2CCc3cc(-c4cccc(-c5cccc(NC(=O)c6ccnn(C)c6=O)c5C)c4Cl)nc(OC)c32)C1. The molecule has 0 saturated carbocycles. The highest BCUT2D eigenvalue weighted by molar-refractivity contribution is 6.36. The number of esters is 1. The monoisotopic (exact) mass is 627 g/mol. The topological polar surface area (TPSA) is 116 Å². The minimum absolute atomic E-state index is 0.00382. The van der Waals surface area contributed by atoms with Gasteiger partial charge in [0, 0.05) is 54.8 Å². The van der Waals surface area contributed by atoms with E-state index in [0.29, 0.717) is 42.0 Å². The number of amides is 1. The maximum atomic E-state index is 13.0. The van der Waals surface area contributed by atoms with Gasteiger partial charge < -0.3 is 14.8 Å². The summed E-state index contributed by atoms with van der Waals surface area (Å²) in [7, 11) is 3.13. The van der Waals surface area contributed by atoms with E-state index in [1.54, 1.807) is 13.2 Å². The number of benzene rings is 2. The van der Waals surface area contributed by atoms with E-state index in [-0.39, 0.29) is 23.5 Å². The molecular formula is C34H34ClN5O5. The molecule has 2 aliphatic rings. The zero-order valence-corrected chi connectivity index (χ0v) is 26.4. The summed E-state index contributed by atoms with van der Waals surface area (Å²) < 4.78 is 12.1. The summed E-state index contributed by atoms with van der Waals surface area (Å²) in [4.78, 5) is 44.8. The molecule has 10 nitrogen and oxygen atoms in total. The number of hydrogen-bond donors (Lipinski definition) is 1. The van der Waals surface area contributed by atoms with Crippen molar-refractivity contribution in [3.63, 3.8) is 0 Å². The molecule has 1 unspecified atom stereocenters. The fraction of sp³-hybridized carbons (Fsp3) is 0.324. The molecule has 1 atom stereocenters. The van der Waals surface area contributed by atoms with Crippen molar-refractivity contribution in [1.82, 2.24) is 19.7 Å². The van der Waals surface area contributed by atoms with Crippen LogP contribution in [-0.4, -0.2) is 58.3 Å². The van der Waals surface area contributed by atoms with Gasteiger partial charge in [0.1, 0.15) is 5.56 Å². The van der Waals surface area contributed by atoms with Gasteiger partial charge in [-0.25, -0.2) is 9.67 Å². The van der Waals surface area contributed by atoms with Crippen molar-refractivity contribution in [3.8, 4) is 28.3 Å². The number of aromatic nitrogens is 3. The minimum atomic E-state index is -0.513. The van der Waals surface area contributed by atoms with Gasteiger partial charge in [0.2, 0.25) is 5.88 Å². The number of pyridine rings is 1. The van der Waals surface area contributed by atoms with Crippen LogP contribution in [0.15, 0.2) is 59.5 Å². The second-order valence-electron chi connectivity index (χ2n) is 11.3.